The maximum Gasteiger partial charge on any atom is 0.204 e. The van der Waals surface area contributed by atoms with E-state index in [0.29, 0.717) is 6.29 Å². The number of nitrogens with zero attached hydrogens (tertiary/aromatic N) is 1. The van der Waals surface area contributed by atoms with E-state index in [9.17, 15) is 9.90 Å². The molecule has 0 saturated heterocycles. The predicted molar refractivity (Wildman–Crippen MR) is 58.9 cm³/mol. The molecule has 0 aliphatic carbocycles. The number of aliphatic hydroxyl groups is 1. The van der Waals surface area contributed by atoms with Crippen LogP contribution in [0.4, 0.5) is 5.69 Å². The number of fused-ring (bicyclic) bond motifs is 1. The zero-order valence-electron chi connectivity index (χ0n) is 9.19. The van der Waals surface area contributed by atoms with Crippen LogP contribution in [-0.4, -0.2) is 24.2 Å². The molecule has 1 atom stereocenters. The Labute approximate surface area is 89.3 Å². The van der Waals surface area contributed by atoms with Crippen LogP contribution in [0.1, 0.15) is 19.4 Å². The van der Waals surface area contributed by atoms with E-state index in [1.807, 2.05) is 38.1 Å². The van der Waals surface area contributed by atoms with Crippen LogP contribution in [0.15, 0.2) is 24.3 Å². The van der Waals surface area contributed by atoms with Gasteiger partial charge in [-0.05, 0) is 11.6 Å². The summed E-state index contributed by atoms with van der Waals surface area (Å²) in [6.07, 6.45) is 0.618. The van der Waals surface area contributed by atoms with E-state index in [2.05, 4.69) is 0 Å². The molecule has 0 fully saturated rings. The van der Waals surface area contributed by atoms with Gasteiger partial charge >= 0.3 is 0 Å². The van der Waals surface area contributed by atoms with E-state index in [1.54, 1.807) is 11.9 Å². The summed E-state index contributed by atoms with van der Waals surface area (Å²) in [4.78, 5) is 12.8. The van der Waals surface area contributed by atoms with Crippen LogP contribution in [-0.2, 0) is 10.2 Å². The summed E-state index contributed by atoms with van der Waals surface area (Å²) in [7, 11) is 1.74. The molecule has 1 aliphatic heterocycles. The lowest BCUT2D eigenvalue weighted by molar-refractivity contribution is -0.128. The third-order valence-electron chi connectivity index (χ3n) is 3.53. The number of hydrogen-bond acceptors (Lipinski definition) is 3. The first-order valence-electron chi connectivity index (χ1n) is 4.97. The van der Waals surface area contributed by atoms with Crippen molar-refractivity contribution < 1.29 is 9.90 Å². The van der Waals surface area contributed by atoms with Gasteiger partial charge in [-0.25, -0.2) is 0 Å². The Hall–Kier alpha value is -1.35. The Balaban J connectivity index is 2.70. The number of hydrogen-bond donors (Lipinski definition) is 1. The first kappa shape index (κ1) is 10.2. The Morgan fingerprint density at radius 2 is 1.93 bits per heavy atom. The van der Waals surface area contributed by atoms with Crippen LogP contribution < -0.4 is 4.90 Å². The number of likely N-dealkylation sites (N-methyl/N-ethyl adjacent to an activating group) is 1. The Kier molecular flexibility index (Phi) is 1.92. The first-order chi connectivity index (χ1) is 6.95. The number of para-hydroxylation sites is 1. The number of aldehydes is 1. The second kappa shape index (κ2) is 2.83. The molecule has 0 bridgehead atoms. The second-order valence-corrected chi connectivity index (χ2v) is 4.55. The third-order valence-corrected chi connectivity index (χ3v) is 3.53. The SMILES string of the molecule is CN1c2ccccc2C(C)(C)C1(O)C=O. The second-order valence-electron chi connectivity index (χ2n) is 4.55. The monoisotopic (exact) mass is 205 g/mol. The van der Waals surface area contributed by atoms with E-state index in [-0.39, 0.29) is 0 Å². The van der Waals surface area contributed by atoms with E-state index in [4.69, 9.17) is 0 Å². The van der Waals surface area contributed by atoms with Crippen molar-refractivity contribution in [2.24, 2.45) is 0 Å². The first-order valence-corrected chi connectivity index (χ1v) is 4.97. The highest BCUT2D eigenvalue weighted by molar-refractivity contribution is 5.80. The van der Waals surface area contributed by atoms with Crippen LogP contribution in [0, 0.1) is 0 Å². The van der Waals surface area contributed by atoms with Crippen molar-refractivity contribution in [3.05, 3.63) is 29.8 Å². The molecule has 0 saturated carbocycles. The number of benzene rings is 1. The fourth-order valence-corrected chi connectivity index (χ4v) is 2.32. The fourth-order valence-electron chi connectivity index (χ4n) is 2.32. The summed E-state index contributed by atoms with van der Waals surface area (Å²) < 4.78 is 0. The van der Waals surface area contributed by atoms with Gasteiger partial charge in [-0.3, -0.25) is 4.79 Å². The largest absolute Gasteiger partial charge is 0.364 e. The summed E-state index contributed by atoms with van der Waals surface area (Å²) in [6.45, 7) is 3.76. The fraction of sp³-hybridized carbons (Fsp3) is 0.417. The van der Waals surface area contributed by atoms with Crippen LogP contribution >= 0.6 is 0 Å². The van der Waals surface area contributed by atoms with Gasteiger partial charge in [-0.1, -0.05) is 32.0 Å². The van der Waals surface area contributed by atoms with Crippen LogP contribution in [0.25, 0.3) is 0 Å². The molecule has 1 unspecified atom stereocenters. The molecular weight excluding hydrogens is 190 g/mol. The molecule has 0 amide bonds. The predicted octanol–water partition coefficient (Wildman–Crippen LogP) is 1.30. The number of carbonyl (C=O) groups excluding carboxylic acids is 1. The van der Waals surface area contributed by atoms with Gasteiger partial charge in [0.15, 0.2) is 6.29 Å². The highest BCUT2D eigenvalue weighted by atomic mass is 16.3. The van der Waals surface area contributed by atoms with Crippen LogP contribution in [0.3, 0.4) is 0 Å². The molecule has 3 nitrogen and oxygen atoms in total. The van der Waals surface area contributed by atoms with Gasteiger partial charge in [-0.15, -0.1) is 0 Å². The maximum atomic E-state index is 11.1. The number of carbonyl (C=O) groups is 1. The Morgan fingerprint density at radius 3 is 2.47 bits per heavy atom. The lowest BCUT2D eigenvalue weighted by atomic mass is 9.78. The van der Waals surface area contributed by atoms with E-state index >= 15 is 0 Å². The summed E-state index contributed by atoms with van der Waals surface area (Å²) >= 11 is 0. The average molecular weight is 205 g/mol. The lowest BCUT2D eigenvalue weighted by Crippen LogP contribution is -2.55. The molecule has 1 aromatic carbocycles. The minimum Gasteiger partial charge on any atom is -0.364 e. The molecule has 1 heterocycles. The van der Waals surface area contributed by atoms with Gasteiger partial charge in [0, 0.05) is 18.2 Å². The van der Waals surface area contributed by atoms with Gasteiger partial charge in [0.25, 0.3) is 0 Å². The lowest BCUT2D eigenvalue weighted by Gasteiger charge is -2.36. The minimum absolute atomic E-state index is 0.583. The van der Waals surface area contributed by atoms with Gasteiger partial charge < -0.3 is 10.0 Å². The highest BCUT2D eigenvalue weighted by Crippen LogP contribution is 2.48. The molecule has 0 spiro atoms. The quantitative estimate of drug-likeness (QED) is 0.702. The maximum absolute atomic E-state index is 11.1. The van der Waals surface area contributed by atoms with Crippen molar-refractivity contribution in [1.29, 1.82) is 0 Å². The standard InChI is InChI=1S/C12H15NO2/c1-11(2)9-6-4-5-7-10(9)13(3)12(11,15)8-14/h4-8,15H,1-3H3. The Morgan fingerprint density at radius 1 is 1.33 bits per heavy atom. The molecule has 0 aromatic heterocycles. The molecule has 1 aromatic rings. The van der Waals surface area contributed by atoms with Crippen molar-refractivity contribution in [3.8, 4) is 0 Å². The zero-order chi connectivity index (χ0) is 11.3. The molecule has 15 heavy (non-hydrogen) atoms. The minimum atomic E-state index is -1.45. The van der Waals surface area contributed by atoms with Gasteiger partial charge in [0.05, 0.1) is 0 Å². The van der Waals surface area contributed by atoms with Crippen molar-refractivity contribution in [2.75, 3.05) is 11.9 Å². The highest BCUT2D eigenvalue weighted by Gasteiger charge is 2.54. The molecule has 3 heteroatoms. The summed E-state index contributed by atoms with van der Waals surface area (Å²) in [5.74, 6) is 0. The smallest absolute Gasteiger partial charge is 0.204 e. The summed E-state index contributed by atoms with van der Waals surface area (Å²) in [5, 5.41) is 10.4. The van der Waals surface area contributed by atoms with E-state index in [1.165, 1.54) is 0 Å². The molecule has 1 aliphatic rings. The van der Waals surface area contributed by atoms with Crippen LogP contribution in [0.2, 0.25) is 0 Å². The summed E-state index contributed by atoms with van der Waals surface area (Å²) in [6, 6.07) is 7.69. The van der Waals surface area contributed by atoms with Gasteiger partial charge in [0.1, 0.15) is 0 Å². The van der Waals surface area contributed by atoms with Crippen molar-refractivity contribution in [2.45, 2.75) is 25.0 Å². The molecule has 2 rings (SSSR count). The van der Waals surface area contributed by atoms with E-state index in [0.717, 1.165) is 11.3 Å². The van der Waals surface area contributed by atoms with Gasteiger partial charge in [-0.2, -0.15) is 0 Å². The van der Waals surface area contributed by atoms with Crippen LogP contribution in [0.5, 0.6) is 0 Å². The number of anilines is 1. The van der Waals surface area contributed by atoms with Crippen molar-refractivity contribution >= 4 is 12.0 Å². The zero-order valence-corrected chi connectivity index (χ0v) is 9.19. The van der Waals surface area contributed by atoms with Crippen molar-refractivity contribution in [1.82, 2.24) is 0 Å². The molecule has 1 N–H and O–H groups in total. The van der Waals surface area contributed by atoms with Crippen molar-refractivity contribution in [3.63, 3.8) is 0 Å². The molecule has 80 valence electrons. The van der Waals surface area contributed by atoms with Gasteiger partial charge in [0.2, 0.25) is 5.72 Å². The summed E-state index contributed by atoms with van der Waals surface area (Å²) in [5.41, 5.74) is -0.115. The van der Waals surface area contributed by atoms with E-state index < -0.39 is 11.1 Å². The normalized spacial score (nSPS) is 27.6. The Bertz CT molecular complexity index is 414. The molecule has 0 radical (unpaired) electrons. The topological polar surface area (TPSA) is 40.5 Å². The third kappa shape index (κ3) is 1.01. The molecular formula is C12H15NO2. The average Bonchev–Trinajstić information content (AvgIpc) is 2.40. The number of rotatable bonds is 1.